The third-order valence-electron chi connectivity index (χ3n) is 5.41. The Morgan fingerprint density at radius 3 is 2.39 bits per heavy atom. The highest BCUT2D eigenvalue weighted by atomic mass is 19.1. The number of benzene rings is 2. The summed E-state index contributed by atoms with van der Waals surface area (Å²) in [6, 6.07) is 7.62. The van der Waals surface area contributed by atoms with Gasteiger partial charge in [-0.25, -0.2) is 13.2 Å². The average molecular weight is 431 g/mol. The first-order valence-electron chi connectivity index (χ1n) is 9.81. The minimum atomic E-state index is -1.09. The Hall–Kier alpha value is -3.17. The summed E-state index contributed by atoms with van der Waals surface area (Å²) in [4.78, 5) is 26.0. The summed E-state index contributed by atoms with van der Waals surface area (Å²) in [5.41, 5.74) is 1.84. The molecule has 1 aliphatic rings. The van der Waals surface area contributed by atoms with Crippen LogP contribution in [0, 0.1) is 23.4 Å². The molecule has 4 rings (SSSR count). The highest BCUT2D eigenvalue weighted by Crippen LogP contribution is 2.33. The predicted molar refractivity (Wildman–Crippen MR) is 107 cm³/mol. The molecule has 1 unspecified atom stereocenters. The maximum absolute atomic E-state index is 14.3. The number of carbonyl (C=O) groups is 2. The Morgan fingerprint density at radius 1 is 1.03 bits per heavy atom. The number of aliphatic hydroxyl groups excluding tert-OH is 1. The smallest absolute Gasteiger partial charge is 0.226 e. The van der Waals surface area contributed by atoms with Crippen LogP contribution in [-0.2, 0) is 16.0 Å². The molecule has 0 aliphatic carbocycles. The molecule has 1 fully saturated rings. The minimum Gasteiger partial charge on any atom is -0.378 e. The van der Waals surface area contributed by atoms with E-state index in [0.717, 1.165) is 6.07 Å². The van der Waals surface area contributed by atoms with E-state index >= 15 is 0 Å². The largest absolute Gasteiger partial charge is 0.378 e. The van der Waals surface area contributed by atoms with Crippen molar-refractivity contribution in [3.05, 3.63) is 59.4 Å². The molecule has 2 amide bonds. The van der Waals surface area contributed by atoms with Crippen LogP contribution in [0.25, 0.3) is 22.2 Å². The highest BCUT2D eigenvalue weighted by Gasteiger charge is 2.30. The number of amides is 2. The van der Waals surface area contributed by atoms with Crippen LogP contribution in [0.1, 0.15) is 18.4 Å². The van der Waals surface area contributed by atoms with Crippen molar-refractivity contribution in [3.8, 4) is 11.3 Å². The van der Waals surface area contributed by atoms with Gasteiger partial charge >= 0.3 is 0 Å². The Labute approximate surface area is 175 Å². The molecule has 1 atom stereocenters. The number of H-pyrrole nitrogens is 1. The fraction of sp³-hybridized carbons (Fsp3) is 0.273. The quantitative estimate of drug-likeness (QED) is 0.357. The SMILES string of the molecule is O=C1CC(C(O)NCCc2c(-c3ccc(F)cc3)[nH]c3c(F)cc(F)cc23)CC(=O)N1. The normalized spacial score (nSPS) is 16.0. The lowest BCUT2D eigenvalue weighted by molar-refractivity contribution is -0.137. The molecular weight excluding hydrogens is 411 g/mol. The van der Waals surface area contributed by atoms with E-state index in [1.807, 2.05) is 0 Å². The van der Waals surface area contributed by atoms with E-state index in [-0.39, 0.29) is 31.3 Å². The number of rotatable bonds is 6. The van der Waals surface area contributed by atoms with Crippen LogP contribution in [-0.4, -0.2) is 34.7 Å². The van der Waals surface area contributed by atoms with Gasteiger partial charge in [0.15, 0.2) is 0 Å². The molecule has 0 spiro atoms. The lowest BCUT2D eigenvalue weighted by Crippen LogP contribution is -2.46. The number of nitrogens with one attached hydrogen (secondary N) is 3. The molecule has 2 aromatic carbocycles. The van der Waals surface area contributed by atoms with Crippen LogP contribution in [0.3, 0.4) is 0 Å². The van der Waals surface area contributed by atoms with Crippen LogP contribution in [0.5, 0.6) is 0 Å². The number of piperidine rings is 1. The van der Waals surface area contributed by atoms with E-state index in [4.69, 9.17) is 0 Å². The second kappa shape index (κ2) is 8.52. The van der Waals surface area contributed by atoms with Crippen molar-refractivity contribution in [1.29, 1.82) is 0 Å². The van der Waals surface area contributed by atoms with Gasteiger partial charge in [0.2, 0.25) is 11.8 Å². The van der Waals surface area contributed by atoms with Crippen molar-refractivity contribution in [3.63, 3.8) is 0 Å². The predicted octanol–water partition coefficient (Wildman–Crippen LogP) is 2.76. The van der Waals surface area contributed by atoms with Gasteiger partial charge in [-0.05, 0) is 47.9 Å². The van der Waals surface area contributed by atoms with Gasteiger partial charge in [-0.2, -0.15) is 0 Å². The van der Waals surface area contributed by atoms with E-state index in [1.54, 1.807) is 0 Å². The summed E-state index contributed by atoms with van der Waals surface area (Å²) in [5.74, 6) is -3.34. The van der Waals surface area contributed by atoms with E-state index in [1.165, 1.54) is 30.3 Å². The van der Waals surface area contributed by atoms with Crippen LogP contribution >= 0.6 is 0 Å². The third kappa shape index (κ3) is 4.47. The van der Waals surface area contributed by atoms with Gasteiger partial charge in [0.1, 0.15) is 23.7 Å². The van der Waals surface area contributed by atoms with Crippen molar-refractivity contribution in [2.45, 2.75) is 25.5 Å². The van der Waals surface area contributed by atoms with Crippen LogP contribution in [0.15, 0.2) is 36.4 Å². The van der Waals surface area contributed by atoms with Crippen LogP contribution < -0.4 is 10.6 Å². The average Bonchev–Trinajstić information content (AvgIpc) is 3.06. The second-order valence-corrected chi connectivity index (χ2v) is 7.58. The number of aromatic nitrogens is 1. The van der Waals surface area contributed by atoms with Gasteiger partial charge in [-0.15, -0.1) is 0 Å². The molecule has 1 aromatic heterocycles. The van der Waals surface area contributed by atoms with Crippen molar-refractivity contribution >= 4 is 22.7 Å². The summed E-state index contributed by atoms with van der Waals surface area (Å²) < 4.78 is 41.5. The Balaban J connectivity index is 1.58. The number of aliphatic hydroxyl groups is 1. The standard InChI is InChI=1S/C22H20F3N3O3/c23-13-3-1-11(2-4-13)20-15(16-9-14(24)10-17(25)21(16)28-20)5-6-26-22(31)12-7-18(29)27-19(30)8-12/h1-4,9-10,12,22,26,28,31H,5-8H2,(H,27,29,30). The molecule has 162 valence electrons. The zero-order valence-corrected chi connectivity index (χ0v) is 16.3. The molecule has 0 bridgehead atoms. The Bertz CT molecular complexity index is 1130. The number of hydrogen-bond acceptors (Lipinski definition) is 4. The molecule has 1 saturated heterocycles. The number of aromatic amines is 1. The number of hydrogen-bond donors (Lipinski definition) is 4. The molecule has 31 heavy (non-hydrogen) atoms. The summed E-state index contributed by atoms with van der Waals surface area (Å²) in [6.07, 6.45) is -0.781. The van der Waals surface area contributed by atoms with E-state index in [0.29, 0.717) is 22.2 Å². The first-order chi connectivity index (χ1) is 14.8. The van der Waals surface area contributed by atoms with Gasteiger partial charge in [-0.3, -0.25) is 20.2 Å². The number of halogens is 3. The van der Waals surface area contributed by atoms with E-state index < -0.39 is 41.4 Å². The number of imide groups is 1. The number of fused-ring (bicyclic) bond motifs is 1. The molecule has 6 nitrogen and oxygen atoms in total. The minimum absolute atomic E-state index is 0.0181. The molecule has 3 aromatic rings. The maximum Gasteiger partial charge on any atom is 0.226 e. The molecule has 4 N–H and O–H groups in total. The van der Waals surface area contributed by atoms with Crippen molar-refractivity contribution < 1.29 is 27.9 Å². The maximum atomic E-state index is 14.3. The zero-order valence-electron chi connectivity index (χ0n) is 16.3. The summed E-state index contributed by atoms with van der Waals surface area (Å²) in [6.45, 7) is 0.215. The van der Waals surface area contributed by atoms with Gasteiger partial charge in [-0.1, -0.05) is 0 Å². The first-order valence-corrected chi connectivity index (χ1v) is 9.81. The summed E-state index contributed by atoms with van der Waals surface area (Å²) >= 11 is 0. The van der Waals surface area contributed by atoms with Crippen molar-refractivity contribution in [2.75, 3.05) is 6.54 Å². The number of carbonyl (C=O) groups excluding carboxylic acids is 2. The Kier molecular flexibility index (Phi) is 5.79. The fourth-order valence-corrected chi connectivity index (χ4v) is 3.94. The monoisotopic (exact) mass is 431 g/mol. The first kappa shape index (κ1) is 21.1. The van der Waals surface area contributed by atoms with Gasteiger partial charge in [0.25, 0.3) is 0 Å². The highest BCUT2D eigenvalue weighted by molar-refractivity contribution is 5.97. The van der Waals surface area contributed by atoms with Gasteiger partial charge < -0.3 is 10.1 Å². The van der Waals surface area contributed by atoms with Crippen LogP contribution in [0.2, 0.25) is 0 Å². The molecule has 1 aliphatic heterocycles. The van der Waals surface area contributed by atoms with Crippen LogP contribution in [0.4, 0.5) is 13.2 Å². The van der Waals surface area contributed by atoms with Crippen molar-refractivity contribution in [2.24, 2.45) is 5.92 Å². The zero-order chi connectivity index (χ0) is 22.1. The lowest BCUT2D eigenvalue weighted by atomic mass is 9.95. The Morgan fingerprint density at radius 2 is 1.71 bits per heavy atom. The topological polar surface area (TPSA) is 94.2 Å². The molecule has 2 heterocycles. The molecule has 0 radical (unpaired) electrons. The van der Waals surface area contributed by atoms with E-state index in [9.17, 15) is 27.9 Å². The van der Waals surface area contributed by atoms with Gasteiger partial charge in [0, 0.05) is 42.5 Å². The summed E-state index contributed by atoms with van der Waals surface area (Å²) in [7, 11) is 0. The van der Waals surface area contributed by atoms with Gasteiger partial charge in [0.05, 0.1) is 5.52 Å². The summed E-state index contributed by atoms with van der Waals surface area (Å²) in [5, 5.41) is 15.8. The fourth-order valence-electron chi connectivity index (χ4n) is 3.94. The second-order valence-electron chi connectivity index (χ2n) is 7.58. The van der Waals surface area contributed by atoms with Crippen molar-refractivity contribution in [1.82, 2.24) is 15.6 Å². The lowest BCUT2D eigenvalue weighted by Gasteiger charge is -2.26. The molecule has 9 heteroatoms. The molecular formula is C22H20F3N3O3. The third-order valence-corrected chi connectivity index (χ3v) is 5.41. The molecule has 0 saturated carbocycles. The van der Waals surface area contributed by atoms with E-state index in [2.05, 4.69) is 15.6 Å².